The topological polar surface area (TPSA) is 29.5 Å². The average Bonchev–Trinajstić information content (AvgIpc) is 2.13. The van der Waals surface area contributed by atoms with E-state index in [2.05, 4.69) is 6.92 Å². The van der Waals surface area contributed by atoms with Crippen LogP contribution in [0, 0.1) is 5.92 Å². The van der Waals surface area contributed by atoms with Crippen molar-refractivity contribution in [1.82, 2.24) is 0 Å². The van der Waals surface area contributed by atoms with Gasteiger partial charge in [-0.2, -0.15) is 0 Å². The lowest BCUT2D eigenvalue weighted by Gasteiger charge is -2.25. The highest BCUT2D eigenvalue weighted by atomic mass is 16.5. The van der Waals surface area contributed by atoms with Crippen LogP contribution in [-0.4, -0.2) is 24.4 Å². The second-order valence-corrected chi connectivity index (χ2v) is 4.11. The molecule has 0 aromatic rings. The van der Waals surface area contributed by atoms with E-state index in [4.69, 9.17) is 4.74 Å². The van der Waals surface area contributed by atoms with Gasteiger partial charge in [-0.1, -0.05) is 19.8 Å². The Labute approximate surface area is 81.3 Å². The predicted octanol–water partition coefficient (Wildman–Crippen LogP) is 2.35. The van der Waals surface area contributed by atoms with E-state index in [1.165, 1.54) is 19.3 Å². The van der Waals surface area contributed by atoms with E-state index in [-0.39, 0.29) is 6.10 Å². The molecule has 2 unspecified atom stereocenters. The van der Waals surface area contributed by atoms with E-state index in [1.54, 1.807) is 0 Å². The second kappa shape index (κ2) is 6.39. The third kappa shape index (κ3) is 4.63. The third-order valence-electron chi connectivity index (χ3n) is 2.75. The number of rotatable bonds is 5. The lowest BCUT2D eigenvalue weighted by atomic mass is 9.88. The van der Waals surface area contributed by atoms with Crippen LogP contribution in [0.4, 0.5) is 0 Å². The van der Waals surface area contributed by atoms with Crippen LogP contribution in [0.5, 0.6) is 0 Å². The molecule has 78 valence electrons. The number of hydrogen-bond donors (Lipinski definition) is 1. The predicted molar refractivity (Wildman–Crippen MR) is 53.7 cm³/mol. The second-order valence-electron chi connectivity index (χ2n) is 4.11. The summed E-state index contributed by atoms with van der Waals surface area (Å²) >= 11 is 0. The van der Waals surface area contributed by atoms with Gasteiger partial charge in [-0.15, -0.1) is 0 Å². The Kier molecular flexibility index (Phi) is 5.40. The van der Waals surface area contributed by atoms with Crippen LogP contribution < -0.4 is 0 Å². The summed E-state index contributed by atoms with van der Waals surface area (Å²) < 4.78 is 5.55. The Bertz CT molecular complexity index is 125. The molecule has 2 atom stereocenters. The highest BCUT2D eigenvalue weighted by Crippen LogP contribution is 2.24. The molecule has 0 aliphatic heterocycles. The van der Waals surface area contributed by atoms with E-state index < -0.39 is 0 Å². The average molecular weight is 186 g/mol. The summed E-state index contributed by atoms with van der Waals surface area (Å²) in [4.78, 5) is 0. The molecule has 0 radical (unpaired) electrons. The maximum Gasteiger partial charge on any atom is 0.0543 e. The molecule has 1 aliphatic rings. The lowest BCUT2D eigenvalue weighted by Crippen LogP contribution is -2.23. The normalized spacial score (nSPS) is 29.1. The van der Waals surface area contributed by atoms with Crippen molar-refractivity contribution in [2.24, 2.45) is 5.92 Å². The minimum absolute atomic E-state index is 0.0616. The van der Waals surface area contributed by atoms with Crippen LogP contribution >= 0.6 is 0 Å². The molecule has 1 aliphatic carbocycles. The number of unbranched alkanes of at least 4 members (excludes halogenated alkanes) is 1. The zero-order chi connectivity index (χ0) is 9.52. The monoisotopic (exact) mass is 186 g/mol. The highest BCUT2D eigenvalue weighted by molar-refractivity contribution is 4.71. The van der Waals surface area contributed by atoms with E-state index in [0.717, 1.165) is 32.5 Å². The first kappa shape index (κ1) is 11.0. The molecule has 0 heterocycles. The van der Waals surface area contributed by atoms with Gasteiger partial charge in [0.25, 0.3) is 0 Å². The van der Waals surface area contributed by atoms with Gasteiger partial charge in [0.2, 0.25) is 0 Å². The van der Waals surface area contributed by atoms with E-state index >= 15 is 0 Å². The van der Waals surface area contributed by atoms with Crippen molar-refractivity contribution in [1.29, 1.82) is 0 Å². The summed E-state index contributed by atoms with van der Waals surface area (Å²) in [7, 11) is 0. The van der Waals surface area contributed by atoms with E-state index in [0.29, 0.717) is 5.92 Å². The first-order valence-electron chi connectivity index (χ1n) is 5.58. The van der Waals surface area contributed by atoms with Gasteiger partial charge in [-0.3, -0.25) is 0 Å². The van der Waals surface area contributed by atoms with Gasteiger partial charge < -0.3 is 9.84 Å². The van der Waals surface area contributed by atoms with Crippen LogP contribution in [0.2, 0.25) is 0 Å². The largest absolute Gasteiger partial charge is 0.393 e. The number of ether oxygens (including phenoxy) is 1. The molecule has 0 aromatic carbocycles. The van der Waals surface area contributed by atoms with Crippen LogP contribution in [0.3, 0.4) is 0 Å². The molecule has 2 heteroatoms. The number of hydrogen-bond acceptors (Lipinski definition) is 2. The molecule has 0 aromatic heterocycles. The molecule has 0 amide bonds. The van der Waals surface area contributed by atoms with Gasteiger partial charge in [0.1, 0.15) is 0 Å². The SMILES string of the molecule is CCCCOCC1CCCC(O)C1. The lowest BCUT2D eigenvalue weighted by molar-refractivity contribution is 0.0404. The van der Waals surface area contributed by atoms with Gasteiger partial charge >= 0.3 is 0 Å². The molecule has 13 heavy (non-hydrogen) atoms. The molecule has 1 saturated carbocycles. The van der Waals surface area contributed by atoms with Crippen molar-refractivity contribution in [2.75, 3.05) is 13.2 Å². The molecule has 0 spiro atoms. The fourth-order valence-corrected chi connectivity index (χ4v) is 1.91. The fraction of sp³-hybridized carbons (Fsp3) is 1.00. The van der Waals surface area contributed by atoms with Gasteiger partial charge in [0, 0.05) is 13.2 Å². The van der Waals surface area contributed by atoms with E-state index in [1.807, 2.05) is 0 Å². The third-order valence-corrected chi connectivity index (χ3v) is 2.75. The van der Waals surface area contributed by atoms with Crippen molar-refractivity contribution in [3.05, 3.63) is 0 Å². The molecular weight excluding hydrogens is 164 g/mol. The first-order chi connectivity index (χ1) is 6.33. The summed E-state index contributed by atoms with van der Waals surface area (Å²) in [5, 5.41) is 9.43. The summed E-state index contributed by atoms with van der Waals surface area (Å²) in [5.41, 5.74) is 0. The quantitative estimate of drug-likeness (QED) is 0.668. The van der Waals surface area contributed by atoms with Gasteiger partial charge in [-0.25, -0.2) is 0 Å². The Hall–Kier alpha value is -0.0800. The van der Waals surface area contributed by atoms with Gasteiger partial charge in [0.15, 0.2) is 0 Å². The molecular formula is C11H22O2. The Morgan fingerprint density at radius 3 is 2.92 bits per heavy atom. The Balaban J connectivity index is 2.00. The number of aliphatic hydroxyl groups is 1. The molecule has 2 nitrogen and oxygen atoms in total. The fourth-order valence-electron chi connectivity index (χ4n) is 1.91. The maximum absolute atomic E-state index is 9.43. The summed E-state index contributed by atoms with van der Waals surface area (Å²) in [5.74, 6) is 0.612. The molecule has 0 bridgehead atoms. The molecule has 0 saturated heterocycles. The van der Waals surface area contributed by atoms with Crippen molar-refractivity contribution in [3.63, 3.8) is 0 Å². The summed E-state index contributed by atoms with van der Waals surface area (Å²) in [6.45, 7) is 3.92. The van der Waals surface area contributed by atoms with Crippen LogP contribution in [0.15, 0.2) is 0 Å². The van der Waals surface area contributed by atoms with Crippen molar-refractivity contribution in [2.45, 2.75) is 51.6 Å². The van der Waals surface area contributed by atoms with Crippen molar-refractivity contribution >= 4 is 0 Å². The van der Waals surface area contributed by atoms with Crippen LogP contribution in [0.25, 0.3) is 0 Å². The van der Waals surface area contributed by atoms with Crippen LogP contribution in [-0.2, 0) is 4.74 Å². The van der Waals surface area contributed by atoms with Crippen molar-refractivity contribution < 1.29 is 9.84 Å². The highest BCUT2D eigenvalue weighted by Gasteiger charge is 2.19. The van der Waals surface area contributed by atoms with Crippen molar-refractivity contribution in [3.8, 4) is 0 Å². The zero-order valence-electron chi connectivity index (χ0n) is 8.67. The Morgan fingerprint density at radius 2 is 2.23 bits per heavy atom. The Morgan fingerprint density at radius 1 is 1.38 bits per heavy atom. The smallest absolute Gasteiger partial charge is 0.0543 e. The standard InChI is InChI=1S/C11H22O2/c1-2-3-7-13-9-10-5-4-6-11(12)8-10/h10-12H,2-9H2,1H3. The molecule has 1 rings (SSSR count). The van der Waals surface area contributed by atoms with Crippen LogP contribution in [0.1, 0.15) is 45.4 Å². The number of aliphatic hydroxyl groups excluding tert-OH is 1. The molecule has 1 fully saturated rings. The zero-order valence-corrected chi connectivity index (χ0v) is 8.67. The molecule has 1 N–H and O–H groups in total. The van der Waals surface area contributed by atoms with Gasteiger partial charge in [0.05, 0.1) is 6.10 Å². The maximum atomic E-state index is 9.43. The first-order valence-corrected chi connectivity index (χ1v) is 5.58. The summed E-state index contributed by atoms with van der Waals surface area (Å²) in [6, 6.07) is 0. The van der Waals surface area contributed by atoms with Gasteiger partial charge in [-0.05, 0) is 31.6 Å². The minimum atomic E-state index is -0.0616. The minimum Gasteiger partial charge on any atom is -0.393 e. The summed E-state index contributed by atoms with van der Waals surface area (Å²) in [6.07, 6.45) is 6.65. The van der Waals surface area contributed by atoms with E-state index in [9.17, 15) is 5.11 Å².